The lowest BCUT2D eigenvalue weighted by Crippen LogP contribution is -2.29. The van der Waals surface area contributed by atoms with Crippen molar-refractivity contribution in [3.63, 3.8) is 0 Å². The van der Waals surface area contributed by atoms with Crippen molar-refractivity contribution in [1.29, 1.82) is 0 Å². The molecule has 0 spiro atoms. The molecule has 0 unspecified atom stereocenters. The lowest BCUT2D eigenvalue weighted by molar-refractivity contribution is -0.128. The highest BCUT2D eigenvalue weighted by atomic mass is 16.2. The lowest BCUT2D eigenvalue weighted by atomic mass is 10.1. The number of rotatable bonds is 7. The Bertz CT molecular complexity index is 874. The summed E-state index contributed by atoms with van der Waals surface area (Å²) in [6, 6.07) is 16.6. The fraction of sp³-hybridized carbons (Fsp3) is 0.227. The predicted molar refractivity (Wildman–Crippen MR) is 110 cm³/mol. The van der Waals surface area contributed by atoms with E-state index in [2.05, 4.69) is 10.6 Å². The number of aryl methyl sites for hydroxylation is 1. The van der Waals surface area contributed by atoms with Crippen LogP contribution in [0, 0.1) is 0 Å². The van der Waals surface area contributed by atoms with Crippen LogP contribution in [-0.4, -0.2) is 36.7 Å². The highest BCUT2D eigenvalue weighted by molar-refractivity contribution is 6.08. The van der Waals surface area contributed by atoms with Crippen LogP contribution in [0.3, 0.4) is 0 Å². The monoisotopic (exact) mass is 379 g/mol. The van der Waals surface area contributed by atoms with Crippen LogP contribution in [0.1, 0.15) is 24.5 Å². The molecule has 0 saturated heterocycles. The van der Waals surface area contributed by atoms with E-state index in [-0.39, 0.29) is 17.5 Å². The number of carbonyl (C=O) groups excluding carboxylic acids is 3. The van der Waals surface area contributed by atoms with E-state index in [4.69, 9.17) is 0 Å². The van der Waals surface area contributed by atoms with E-state index in [1.807, 2.05) is 48.5 Å². The van der Waals surface area contributed by atoms with Crippen LogP contribution >= 0.6 is 0 Å². The summed E-state index contributed by atoms with van der Waals surface area (Å²) < 4.78 is 0. The summed E-state index contributed by atoms with van der Waals surface area (Å²) in [5.41, 5.74) is 2.51. The van der Waals surface area contributed by atoms with Gasteiger partial charge in [0.05, 0.1) is 0 Å². The summed E-state index contributed by atoms with van der Waals surface area (Å²) in [7, 11) is 3.45. The van der Waals surface area contributed by atoms with Gasteiger partial charge in [0.1, 0.15) is 5.70 Å². The molecule has 0 aliphatic heterocycles. The smallest absolute Gasteiger partial charge is 0.272 e. The molecule has 0 saturated carbocycles. The Balaban J connectivity index is 2.12. The molecule has 2 aromatic carbocycles. The van der Waals surface area contributed by atoms with E-state index in [0.717, 1.165) is 11.1 Å². The van der Waals surface area contributed by atoms with E-state index < -0.39 is 5.91 Å². The molecule has 0 bridgehead atoms. The van der Waals surface area contributed by atoms with Crippen LogP contribution in [0.25, 0.3) is 6.08 Å². The van der Waals surface area contributed by atoms with Crippen molar-refractivity contribution in [2.75, 3.05) is 19.4 Å². The van der Waals surface area contributed by atoms with Gasteiger partial charge < -0.3 is 15.5 Å². The Morgan fingerprint density at radius 2 is 1.71 bits per heavy atom. The number of benzene rings is 2. The molecule has 28 heavy (non-hydrogen) atoms. The first-order valence-corrected chi connectivity index (χ1v) is 9.00. The molecular formula is C22H25N3O3. The zero-order valence-electron chi connectivity index (χ0n) is 16.4. The molecule has 2 rings (SSSR count). The van der Waals surface area contributed by atoms with Gasteiger partial charge in [0.15, 0.2) is 0 Å². The molecule has 0 fully saturated rings. The van der Waals surface area contributed by atoms with Crippen LogP contribution in [0.5, 0.6) is 0 Å². The second-order valence-electron chi connectivity index (χ2n) is 6.59. The van der Waals surface area contributed by atoms with Crippen molar-refractivity contribution in [3.8, 4) is 0 Å². The standard InChI is InChI=1S/C22H25N3O3/c1-16(26)23-20(15-17-8-5-4-6-9-17)22(28)24-19-11-7-10-18(14-19)12-13-21(27)25(2)3/h4-11,14-15H,12-13H2,1-3H3,(H,23,26)(H,24,28)/b20-15-. The Morgan fingerprint density at radius 1 is 1.00 bits per heavy atom. The molecule has 0 heterocycles. The molecule has 0 aromatic heterocycles. The lowest BCUT2D eigenvalue weighted by Gasteiger charge is -2.12. The van der Waals surface area contributed by atoms with Gasteiger partial charge in [-0.2, -0.15) is 0 Å². The first-order valence-electron chi connectivity index (χ1n) is 9.00. The molecule has 6 heteroatoms. The van der Waals surface area contributed by atoms with Crippen molar-refractivity contribution in [2.24, 2.45) is 0 Å². The van der Waals surface area contributed by atoms with Crippen LogP contribution < -0.4 is 10.6 Å². The largest absolute Gasteiger partial charge is 0.349 e. The molecule has 0 aliphatic carbocycles. The second kappa shape index (κ2) is 10.1. The molecule has 0 atom stereocenters. The Morgan fingerprint density at radius 3 is 2.36 bits per heavy atom. The number of carbonyl (C=O) groups is 3. The quantitative estimate of drug-likeness (QED) is 0.726. The second-order valence-corrected chi connectivity index (χ2v) is 6.59. The third-order valence-electron chi connectivity index (χ3n) is 3.98. The molecular weight excluding hydrogens is 354 g/mol. The van der Waals surface area contributed by atoms with Gasteiger partial charge >= 0.3 is 0 Å². The van der Waals surface area contributed by atoms with Gasteiger partial charge in [-0.15, -0.1) is 0 Å². The highest BCUT2D eigenvalue weighted by Gasteiger charge is 2.12. The minimum Gasteiger partial charge on any atom is -0.349 e. The van der Waals surface area contributed by atoms with E-state index in [9.17, 15) is 14.4 Å². The number of hydrogen-bond acceptors (Lipinski definition) is 3. The van der Waals surface area contributed by atoms with Gasteiger partial charge in [0, 0.05) is 33.1 Å². The average molecular weight is 379 g/mol. The first-order chi connectivity index (χ1) is 13.3. The van der Waals surface area contributed by atoms with E-state index in [0.29, 0.717) is 18.5 Å². The number of nitrogens with zero attached hydrogens (tertiary/aromatic N) is 1. The van der Waals surface area contributed by atoms with Gasteiger partial charge in [0.25, 0.3) is 5.91 Å². The van der Waals surface area contributed by atoms with Gasteiger partial charge in [-0.3, -0.25) is 14.4 Å². The maximum Gasteiger partial charge on any atom is 0.272 e. The summed E-state index contributed by atoms with van der Waals surface area (Å²) >= 11 is 0. The third kappa shape index (κ3) is 6.72. The van der Waals surface area contributed by atoms with E-state index >= 15 is 0 Å². The molecule has 0 radical (unpaired) electrons. The summed E-state index contributed by atoms with van der Waals surface area (Å²) in [4.78, 5) is 37.5. The summed E-state index contributed by atoms with van der Waals surface area (Å²) in [6.07, 6.45) is 2.60. The SMILES string of the molecule is CC(=O)N/C(=C\c1ccccc1)C(=O)Nc1cccc(CCC(=O)N(C)C)c1. The summed E-state index contributed by atoms with van der Waals surface area (Å²) in [5.74, 6) is -0.693. The maximum absolute atomic E-state index is 12.7. The summed E-state index contributed by atoms with van der Waals surface area (Å²) in [5, 5.41) is 5.38. The predicted octanol–water partition coefficient (Wildman–Crippen LogP) is 2.82. The molecule has 2 N–H and O–H groups in total. The Labute approximate surface area is 165 Å². The number of anilines is 1. The number of amides is 3. The highest BCUT2D eigenvalue weighted by Crippen LogP contribution is 2.14. The zero-order valence-corrected chi connectivity index (χ0v) is 16.4. The summed E-state index contributed by atoms with van der Waals surface area (Å²) in [6.45, 7) is 1.36. The average Bonchev–Trinajstić information content (AvgIpc) is 2.66. The Hall–Kier alpha value is -3.41. The number of hydrogen-bond donors (Lipinski definition) is 2. The van der Waals surface area contributed by atoms with E-state index in [1.54, 1.807) is 31.1 Å². The third-order valence-corrected chi connectivity index (χ3v) is 3.98. The van der Waals surface area contributed by atoms with Gasteiger partial charge in [-0.1, -0.05) is 42.5 Å². The van der Waals surface area contributed by atoms with Crippen molar-refractivity contribution in [2.45, 2.75) is 19.8 Å². The van der Waals surface area contributed by atoms with Crippen molar-refractivity contribution < 1.29 is 14.4 Å². The fourth-order valence-electron chi connectivity index (χ4n) is 2.54. The fourth-order valence-corrected chi connectivity index (χ4v) is 2.54. The molecule has 2 aromatic rings. The molecule has 0 aliphatic rings. The van der Waals surface area contributed by atoms with Crippen LogP contribution in [0.15, 0.2) is 60.3 Å². The van der Waals surface area contributed by atoms with Gasteiger partial charge in [-0.25, -0.2) is 0 Å². The van der Waals surface area contributed by atoms with Gasteiger partial charge in [-0.05, 0) is 35.8 Å². The zero-order chi connectivity index (χ0) is 20.5. The van der Waals surface area contributed by atoms with Crippen molar-refractivity contribution >= 4 is 29.5 Å². The maximum atomic E-state index is 12.7. The normalized spacial score (nSPS) is 10.9. The van der Waals surface area contributed by atoms with Crippen molar-refractivity contribution in [1.82, 2.24) is 10.2 Å². The van der Waals surface area contributed by atoms with E-state index in [1.165, 1.54) is 6.92 Å². The van der Waals surface area contributed by atoms with Crippen LogP contribution in [0.2, 0.25) is 0 Å². The number of nitrogens with one attached hydrogen (secondary N) is 2. The Kier molecular flexibility index (Phi) is 7.51. The van der Waals surface area contributed by atoms with Gasteiger partial charge in [0.2, 0.25) is 11.8 Å². The molecule has 6 nitrogen and oxygen atoms in total. The topological polar surface area (TPSA) is 78.5 Å². The minimum absolute atomic E-state index is 0.0492. The molecule has 3 amide bonds. The van der Waals surface area contributed by atoms with Crippen LogP contribution in [-0.2, 0) is 20.8 Å². The van der Waals surface area contributed by atoms with Crippen LogP contribution in [0.4, 0.5) is 5.69 Å². The first kappa shape index (κ1) is 20.9. The minimum atomic E-state index is -0.416. The molecule has 146 valence electrons. The van der Waals surface area contributed by atoms with Crippen molar-refractivity contribution in [3.05, 3.63) is 71.4 Å².